The van der Waals surface area contributed by atoms with Crippen LogP contribution in [0.4, 0.5) is 0 Å². The molecular weight excluding hydrogens is 277 g/mol. The van der Waals surface area contributed by atoms with Gasteiger partial charge < -0.3 is 0 Å². The zero-order chi connectivity index (χ0) is 9.42. The minimum absolute atomic E-state index is 0.363. The summed E-state index contributed by atoms with van der Waals surface area (Å²) in [6, 6.07) is 1.74. The topological polar surface area (TPSA) is 38.7 Å². The Kier molecular flexibility index (Phi) is 2.36. The molecule has 0 spiro atoms. The Morgan fingerprint density at radius 2 is 1.92 bits per heavy atom. The maximum absolute atomic E-state index is 5.83. The highest BCUT2D eigenvalue weighted by Gasteiger charge is 2.06. The average Bonchev–Trinajstić information content (AvgIpc) is 2.09. The summed E-state index contributed by atoms with van der Waals surface area (Å²) in [5, 5.41) is 1.41. The third-order valence-corrected chi connectivity index (χ3v) is 2.91. The molecule has 0 bridgehead atoms. The van der Waals surface area contributed by atoms with Crippen molar-refractivity contribution in [2.24, 2.45) is 0 Å². The number of hydrogen-bond donors (Lipinski definition) is 0. The molecule has 0 saturated carbocycles. The van der Waals surface area contributed by atoms with Gasteiger partial charge in [0.15, 0.2) is 5.65 Å². The van der Waals surface area contributed by atoms with Gasteiger partial charge in [-0.15, -0.1) is 0 Å². The molecule has 0 saturated heterocycles. The number of halogens is 3. The summed E-state index contributed by atoms with van der Waals surface area (Å²) >= 11 is 14.8. The van der Waals surface area contributed by atoms with Crippen LogP contribution in [0.3, 0.4) is 0 Å². The van der Waals surface area contributed by atoms with E-state index in [9.17, 15) is 0 Å². The predicted octanol–water partition coefficient (Wildman–Crippen LogP) is 3.09. The summed E-state index contributed by atoms with van der Waals surface area (Å²) in [5.74, 6) is 0. The van der Waals surface area contributed by atoms with Crippen LogP contribution in [-0.4, -0.2) is 15.0 Å². The molecular formula is C7H2BrCl2N3. The fourth-order valence-electron chi connectivity index (χ4n) is 0.911. The van der Waals surface area contributed by atoms with Crippen molar-refractivity contribution in [2.75, 3.05) is 0 Å². The summed E-state index contributed by atoms with van der Waals surface area (Å²) in [7, 11) is 0. The standard InChI is InChI=1S/C7H2BrCl2N3/c8-4-1-3-5(9)11-2-12-7(3)13-6(4)10/h1-2H. The van der Waals surface area contributed by atoms with Gasteiger partial charge in [-0.3, -0.25) is 0 Å². The first-order chi connectivity index (χ1) is 6.18. The summed E-state index contributed by atoms with van der Waals surface area (Å²) in [6.45, 7) is 0. The lowest BCUT2D eigenvalue weighted by molar-refractivity contribution is 1.18. The van der Waals surface area contributed by atoms with Gasteiger partial charge >= 0.3 is 0 Å². The Morgan fingerprint density at radius 1 is 1.15 bits per heavy atom. The highest BCUT2D eigenvalue weighted by molar-refractivity contribution is 9.10. The van der Waals surface area contributed by atoms with E-state index >= 15 is 0 Å². The van der Waals surface area contributed by atoms with Crippen LogP contribution in [0.5, 0.6) is 0 Å². The normalized spacial score (nSPS) is 10.7. The SMILES string of the molecule is Clc1nc2ncnc(Cl)c2cc1Br. The number of rotatable bonds is 0. The van der Waals surface area contributed by atoms with Crippen molar-refractivity contribution in [2.45, 2.75) is 0 Å². The van der Waals surface area contributed by atoms with E-state index in [0.29, 0.717) is 25.8 Å². The van der Waals surface area contributed by atoms with E-state index in [-0.39, 0.29) is 0 Å². The zero-order valence-corrected chi connectivity index (χ0v) is 9.23. The second-order valence-corrected chi connectivity index (χ2v) is 3.87. The number of fused-ring (bicyclic) bond motifs is 1. The van der Waals surface area contributed by atoms with Gasteiger partial charge in [0.1, 0.15) is 16.6 Å². The van der Waals surface area contributed by atoms with Crippen LogP contribution in [0.2, 0.25) is 10.3 Å². The van der Waals surface area contributed by atoms with Crippen LogP contribution in [0, 0.1) is 0 Å². The van der Waals surface area contributed by atoms with Crippen LogP contribution < -0.4 is 0 Å². The van der Waals surface area contributed by atoms with Crippen molar-refractivity contribution in [3.63, 3.8) is 0 Å². The fraction of sp³-hybridized carbons (Fsp3) is 0. The van der Waals surface area contributed by atoms with Gasteiger partial charge in [-0.2, -0.15) is 0 Å². The lowest BCUT2D eigenvalue weighted by atomic mass is 10.3. The minimum atomic E-state index is 0.363. The molecule has 0 N–H and O–H groups in total. The Hall–Kier alpha value is -0.450. The summed E-state index contributed by atoms with van der Waals surface area (Å²) in [5.41, 5.74) is 0.494. The van der Waals surface area contributed by atoms with Crippen LogP contribution in [0.15, 0.2) is 16.9 Å². The monoisotopic (exact) mass is 277 g/mol. The first kappa shape index (κ1) is 9.12. The van der Waals surface area contributed by atoms with Crippen molar-refractivity contribution in [1.29, 1.82) is 0 Å². The summed E-state index contributed by atoms with van der Waals surface area (Å²) in [4.78, 5) is 11.8. The van der Waals surface area contributed by atoms with Crippen molar-refractivity contribution >= 4 is 50.2 Å². The maximum Gasteiger partial charge on any atom is 0.165 e. The molecule has 0 fully saturated rings. The van der Waals surface area contributed by atoms with Gasteiger partial charge in [-0.1, -0.05) is 23.2 Å². The third-order valence-electron chi connectivity index (χ3n) is 1.49. The number of nitrogens with zero attached hydrogens (tertiary/aromatic N) is 3. The second-order valence-electron chi connectivity index (χ2n) is 2.30. The van der Waals surface area contributed by atoms with Crippen LogP contribution in [0.1, 0.15) is 0 Å². The van der Waals surface area contributed by atoms with E-state index in [2.05, 4.69) is 30.9 Å². The number of aromatic nitrogens is 3. The van der Waals surface area contributed by atoms with E-state index in [0.717, 1.165) is 0 Å². The molecule has 0 aliphatic rings. The smallest absolute Gasteiger partial charge is 0.165 e. The highest BCUT2D eigenvalue weighted by Crippen LogP contribution is 2.26. The molecule has 66 valence electrons. The molecule has 6 heteroatoms. The molecule has 0 aromatic carbocycles. The van der Waals surface area contributed by atoms with Gasteiger partial charge in [-0.05, 0) is 22.0 Å². The third kappa shape index (κ3) is 1.61. The van der Waals surface area contributed by atoms with Crippen LogP contribution >= 0.6 is 39.1 Å². The van der Waals surface area contributed by atoms with Gasteiger partial charge in [0.2, 0.25) is 0 Å². The van der Waals surface area contributed by atoms with E-state index in [1.807, 2.05) is 0 Å². The molecule has 0 aliphatic carbocycles. The number of hydrogen-bond acceptors (Lipinski definition) is 3. The van der Waals surface area contributed by atoms with Crippen molar-refractivity contribution in [3.05, 3.63) is 27.2 Å². The summed E-state index contributed by atoms with van der Waals surface area (Å²) in [6.07, 6.45) is 1.35. The van der Waals surface area contributed by atoms with E-state index in [1.54, 1.807) is 6.07 Å². The lowest BCUT2D eigenvalue weighted by Gasteiger charge is -1.99. The molecule has 13 heavy (non-hydrogen) atoms. The molecule has 2 heterocycles. The highest BCUT2D eigenvalue weighted by atomic mass is 79.9. The summed E-state index contributed by atoms with van der Waals surface area (Å²) < 4.78 is 0.679. The molecule has 0 atom stereocenters. The molecule has 2 aromatic rings. The largest absolute Gasteiger partial charge is 0.224 e. The maximum atomic E-state index is 5.83. The van der Waals surface area contributed by atoms with Crippen molar-refractivity contribution < 1.29 is 0 Å². The van der Waals surface area contributed by atoms with Crippen LogP contribution in [-0.2, 0) is 0 Å². The van der Waals surface area contributed by atoms with E-state index in [4.69, 9.17) is 23.2 Å². The molecule has 0 amide bonds. The molecule has 2 aromatic heterocycles. The van der Waals surface area contributed by atoms with Gasteiger partial charge in [-0.25, -0.2) is 15.0 Å². The minimum Gasteiger partial charge on any atom is -0.224 e. The fourth-order valence-corrected chi connectivity index (χ4v) is 1.55. The van der Waals surface area contributed by atoms with Gasteiger partial charge in [0.05, 0.1) is 9.86 Å². The van der Waals surface area contributed by atoms with Crippen LogP contribution in [0.25, 0.3) is 11.0 Å². The first-order valence-corrected chi connectivity index (χ1v) is 4.85. The Bertz CT molecular complexity index is 474. The molecule has 0 unspecified atom stereocenters. The Labute approximate surface area is 92.2 Å². The molecule has 2 rings (SSSR count). The Morgan fingerprint density at radius 3 is 2.69 bits per heavy atom. The van der Waals surface area contributed by atoms with E-state index < -0.39 is 0 Å². The molecule has 0 aliphatic heterocycles. The van der Waals surface area contributed by atoms with Crippen molar-refractivity contribution in [3.8, 4) is 0 Å². The van der Waals surface area contributed by atoms with Gasteiger partial charge in [0.25, 0.3) is 0 Å². The Balaban J connectivity index is 2.89. The molecule has 0 radical (unpaired) electrons. The quantitative estimate of drug-likeness (QED) is 0.549. The molecule has 3 nitrogen and oxygen atoms in total. The predicted molar refractivity (Wildman–Crippen MR) is 55.1 cm³/mol. The number of pyridine rings is 1. The van der Waals surface area contributed by atoms with Gasteiger partial charge in [0, 0.05) is 0 Å². The van der Waals surface area contributed by atoms with E-state index in [1.165, 1.54) is 6.33 Å². The zero-order valence-electron chi connectivity index (χ0n) is 6.13. The van der Waals surface area contributed by atoms with Crippen molar-refractivity contribution in [1.82, 2.24) is 15.0 Å². The second kappa shape index (κ2) is 3.36. The first-order valence-electron chi connectivity index (χ1n) is 3.31. The average molecular weight is 279 g/mol. The lowest BCUT2D eigenvalue weighted by Crippen LogP contribution is -1.88.